The van der Waals surface area contributed by atoms with Crippen LogP contribution < -0.4 is 10.1 Å². The molecule has 1 aromatic rings. The monoisotopic (exact) mass is 243 g/mol. The summed E-state index contributed by atoms with van der Waals surface area (Å²) < 4.78 is 5.60. The van der Waals surface area contributed by atoms with Crippen LogP contribution in [0.4, 0.5) is 0 Å². The Bertz CT molecular complexity index is 417. The quantitative estimate of drug-likeness (QED) is 0.587. The molecule has 1 rings (SSSR count). The van der Waals surface area contributed by atoms with Gasteiger partial charge in [0.25, 0.3) is 0 Å². The zero-order valence-corrected chi connectivity index (χ0v) is 11.1. The molecule has 0 saturated heterocycles. The number of hydrogen-bond acceptors (Lipinski definition) is 2. The first-order chi connectivity index (χ1) is 8.69. The smallest absolute Gasteiger partial charge is 0.124 e. The molecule has 1 atom stereocenters. The lowest BCUT2D eigenvalue weighted by molar-refractivity contribution is 0.356. The lowest BCUT2D eigenvalue weighted by Crippen LogP contribution is -2.31. The first-order valence-electron chi connectivity index (χ1n) is 6.20. The van der Waals surface area contributed by atoms with Crippen LogP contribution in [-0.2, 0) is 6.54 Å². The molecule has 0 amide bonds. The summed E-state index contributed by atoms with van der Waals surface area (Å²) in [6.45, 7) is 9.09. The average molecular weight is 243 g/mol. The minimum atomic E-state index is 0.0810. The second kappa shape index (κ2) is 7.58. The molecule has 0 aliphatic carbocycles. The molecule has 0 spiro atoms. The van der Waals surface area contributed by atoms with Gasteiger partial charge in [0.15, 0.2) is 0 Å². The molecule has 0 fully saturated rings. The third kappa shape index (κ3) is 4.27. The average Bonchev–Trinajstić information content (AvgIpc) is 2.38. The molecular weight excluding hydrogens is 222 g/mol. The lowest BCUT2D eigenvalue weighted by Gasteiger charge is -2.18. The van der Waals surface area contributed by atoms with E-state index < -0.39 is 0 Å². The molecule has 0 saturated carbocycles. The zero-order chi connectivity index (χ0) is 13.4. The Balaban J connectivity index is 2.66. The van der Waals surface area contributed by atoms with Crippen LogP contribution in [0.2, 0.25) is 0 Å². The van der Waals surface area contributed by atoms with E-state index in [-0.39, 0.29) is 6.04 Å². The highest BCUT2D eigenvalue weighted by atomic mass is 16.5. The van der Waals surface area contributed by atoms with Gasteiger partial charge in [-0.3, -0.25) is 5.32 Å². The van der Waals surface area contributed by atoms with Gasteiger partial charge < -0.3 is 4.74 Å². The highest BCUT2D eigenvalue weighted by Crippen LogP contribution is 2.18. The summed E-state index contributed by atoms with van der Waals surface area (Å²) >= 11 is 0. The Morgan fingerprint density at radius 2 is 2.17 bits per heavy atom. The maximum atomic E-state index is 5.60. The number of hydrogen-bond donors (Lipinski definition) is 1. The molecule has 0 aliphatic rings. The predicted molar refractivity (Wildman–Crippen MR) is 76.4 cm³/mol. The van der Waals surface area contributed by atoms with Crippen LogP contribution in [0.15, 0.2) is 36.9 Å². The fourth-order valence-electron chi connectivity index (χ4n) is 1.65. The van der Waals surface area contributed by atoms with Gasteiger partial charge in [-0.15, -0.1) is 6.42 Å². The molecule has 96 valence electrons. The molecule has 0 radical (unpaired) electrons. The standard InChI is InChI=1S/C16H21NO/c1-5-11-18-16-10-8-7-9-14(16)12-17-15(6-2)13(3)4/h2,5,7-10,13,15,17H,1,11-12H2,3-4H3. The van der Waals surface area contributed by atoms with E-state index in [0.717, 1.165) is 11.3 Å². The Morgan fingerprint density at radius 1 is 1.44 bits per heavy atom. The summed E-state index contributed by atoms with van der Waals surface area (Å²) in [6.07, 6.45) is 7.24. The van der Waals surface area contributed by atoms with Gasteiger partial charge in [-0.25, -0.2) is 0 Å². The maximum absolute atomic E-state index is 5.60. The second-order valence-electron chi connectivity index (χ2n) is 4.48. The topological polar surface area (TPSA) is 21.3 Å². The first-order valence-corrected chi connectivity index (χ1v) is 6.20. The number of terminal acetylenes is 1. The van der Waals surface area contributed by atoms with Crippen molar-refractivity contribution in [2.45, 2.75) is 26.4 Å². The first kappa shape index (κ1) is 14.3. The Morgan fingerprint density at radius 3 is 2.78 bits per heavy atom. The van der Waals surface area contributed by atoms with Crippen molar-refractivity contribution in [1.82, 2.24) is 5.32 Å². The van der Waals surface area contributed by atoms with Gasteiger partial charge in [-0.1, -0.05) is 50.6 Å². The second-order valence-corrected chi connectivity index (χ2v) is 4.48. The van der Waals surface area contributed by atoms with E-state index in [2.05, 4.69) is 31.7 Å². The van der Waals surface area contributed by atoms with Gasteiger partial charge in [0, 0.05) is 12.1 Å². The molecule has 0 heterocycles. The fourth-order valence-corrected chi connectivity index (χ4v) is 1.65. The molecular formula is C16H21NO. The van der Waals surface area contributed by atoms with Crippen molar-refractivity contribution in [3.05, 3.63) is 42.5 Å². The van der Waals surface area contributed by atoms with Gasteiger partial charge >= 0.3 is 0 Å². The molecule has 2 heteroatoms. The van der Waals surface area contributed by atoms with Crippen LogP contribution in [-0.4, -0.2) is 12.6 Å². The van der Waals surface area contributed by atoms with E-state index in [0.29, 0.717) is 19.1 Å². The SMILES string of the molecule is C#CC(NCc1ccccc1OCC=C)C(C)C. The normalized spacial score (nSPS) is 11.9. The molecule has 1 N–H and O–H groups in total. The van der Waals surface area contributed by atoms with Crippen molar-refractivity contribution in [2.75, 3.05) is 6.61 Å². The Kier molecular flexibility index (Phi) is 6.04. The lowest BCUT2D eigenvalue weighted by atomic mass is 10.0. The van der Waals surface area contributed by atoms with Gasteiger partial charge in [-0.05, 0) is 12.0 Å². The molecule has 1 aromatic carbocycles. The van der Waals surface area contributed by atoms with Crippen molar-refractivity contribution >= 4 is 0 Å². The fraction of sp³-hybridized carbons (Fsp3) is 0.375. The number of benzene rings is 1. The van der Waals surface area contributed by atoms with Crippen molar-refractivity contribution in [1.29, 1.82) is 0 Å². The third-order valence-corrected chi connectivity index (χ3v) is 2.69. The summed E-state index contributed by atoms with van der Waals surface area (Å²) in [5.41, 5.74) is 1.11. The van der Waals surface area contributed by atoms with Crippen LogP contribution in [0.25, 0.3) is 0 Å². The van der Waals surface area contributed by atoms with Crippen molar-refractivity contribution in [2.24, 2.45) is 5.92 Å². The predicted octanol–water partition coefficient (Wildman–Crippen LogP) is 3.00. The summed E-state index contributed by atoms with van der Waals surface area (Å²) in [5.74, 6) is 4.06. The summed E-state index contributed by atoms with van der Waals surface area (Å²) in [4.78, 5) is 0. The highest BCUT2D eigenvalue weighted by Gasteiger charge is 2.10. The molecule has 0 aromatic heterocycles. The summed E-state index contributed by atoms with van der Waals surface area (Å²) in [5, 5.41) is 3.36. The van der Waals surface area contributed by atoms with Crippen molar-refractivity contribution in [3.8, 4) is 18.1 Å². The van der Waals surface area contributed by atoms with E-state index in [1.54, 1.807) is 6.08 Å². The molecule has 18 heavy (non-hydrogen) atoms. The van der Waals surface area contributed by atoms with Gasteiger partial charge in [0.2, 0.25) is 0 Å². The third-order valence-electron chi connectivity index (χ3n) is 2.69. The van der Waals surface area contributed by atoms with Crippen molar-refractivity contribution < 1.29 is 4.74 Å². The van der Waals surface area contributed by atoms with E-state index in [1.807, 2.05) is 24.3 Å². The number of nitrogens with one attached hydrogen (secondary N) is 1. The van der Waals surface area contributed by atoms with E-state index in [4.69, 9.17) is 11.2 Å². The van der Waals surface area contributed by atoms with Crippen LogP contribution in [0.3, 0.4) is 0 Å². The van der Waals surface area contributed by atoms with E-state index in [9.17, 15) is 0 Å². The van der Waals surface area contributed by atoms with Gasteiger partial charge in [-0.2, -0.15) is 0 Å². The number of para-hydroxylation sites is 1. The highest BCUT2D eigenvalue weighted by molar-refractivity contribution is 5.33. The summed E-state index contributed by atoms with van der Waals surface area (Å²) in [6, 6.07) is 8.04. The van der Waals surface area contributed by atoms with Crippen LogP contribution >= 0.6 is 0 Å². The minimum absolute atomic E-state index is 0.0810. The van der Waals surface area contributed by atoms with Gasteiger partial charge in [0.1, 0.15) is 12.4 Å². The van der Waals surface area contributed by atoms with Crippen LogP contribution in [0, 0.1) is 18.3 Å². The van der Waals surface area contributed by atoms with E-state index in [1.165, 1.54) is 0 Å². The molecule has 2 nitrogen and oxygen atoms in total. The molecule has 1 unspecified atom stereocenters. The molecule has 0 bridgehead atoms. The zero-order valence-electron chi connectivity index (χ0n) is 11.1. The number of rotatable bonds is 7. The largest absolute Gasteiger partial charge is 0.489 e. The minimum Gasteiger partial charge on any atom is -0.489 e. The van der Waals surface area contributed by atoms with Crippen LogP contribution in [0.5, 0.6) is 5.75 Å². The van der Waals surface area contributed by atoms with Crippen molar-refractivity contribution in [3.63, 3.8) is 0 Å². The molecule has 0 aliphatic heterocycles. The van der Waals surface area contributed by atoms with E-state index >= 15 is 0 Å². The Hall–Kier alpha value is -1.72. The number of ether oxygens (including phenoxy) is 1. The van der Waals surface area contributed by atoms with Crippen LogP contribution in [0.1, 0.15) is 19.4 Å². The summed E-state index contributed by atoms with van der Waals surface area (Å²) in [7, 11) is 0. The Labute approximate surface area is 110 Å². The maximum Gasteiger partial charge on any atom is 0.124 e. The van der Waals surface area contributed by atoms with Gasteiger partial charge in [0.05, 0.1) is 6.04 Å².